The number of amides is 1. The SMILES string of the molecule is Cc1cc(C)c2nc(SC(C)C(=O)N3CCN(Cc4ccccc4)CC3)cc(C)c2c1. The number of pyridine rings is 1. The fourth-order valence-corrected chi connectivity index (χ4v) is 5.33. The molecule has 0 radical (unpaired) electrons. The average molecular weight is 434 g/mol. The number of benzene rings is 2. The number of carbonyl (C=O) groups excluding carboxylic acids is 1. The van der Waals surface area contributed by atoms with Gasteiger partial charge in [-0.1, -0.05) is 53.7 Å². The molecule has 1 atom stereocenters. The Bertz CT molecular complexity index is 1070. The molecule has 162 valence electrons. The van der Waals surface area contributed by atoms with Gasteiger partial charge in [-0.25, -0.2) is 4.98 Å². The molecule has 0 aliphatic carbocycles. The fourth-order valence-electron chi connectivity index (χ4n) is 4.33. The van der Waals surface area contributed by atoms with E-state index in [1.807, 2.05) is 17.9 Å². The summed E-state index contributed by atoms with van der Waals surface area (Å²) in [6, 6.07) is 17.0. The van der Waals surface area contributed by atoms with Crippen molar-refractivity contribution in [1.82, 2.24) is 14.8 Å². The van der Waals surface area contributed by atoms with Gasteiger partial charge >= 0.3 is 0 Å². The molecule has 4 rings (SSSR count). The summed E-state index contributed by atoms with van der Waals surface area (Å²) in [5.41, 5.74) is 6.03. The molecule has 0 spiro atoms. The third kappa shape index (κ3) is 5.10. The van der Waals surface area contributed by atoms with Gasteiger partial charge in [-0.3, -0.25) is 9.69 Å². The van der Waals surface area contributed by atoms with Crippen LogP contribution in [0.3, 0.4) is 0 Å². The van der Waals surface area contributed by atoms with Crippen LogP contribution in [0.2, 0.25) is 0 Å². The van der Waals surface area contributed by atoms with Crippen molar-refractivity contribution in [2.45, 2.75) is 44.5 Å². The van der Waals surface area contributed by atoms with E-state index in [0.29, 0.717) is 0 Å². The smallest absolute Gasteiger partial charge is 0.235 e. The van der Waals surface area contributed by atoms with Crippen LogP contribution in [0.15, 0.2) is 53.6 Å². The van der Waals surface area contributed by atoms with Gasteiger partial charge < -0.3 is 4.90 Å². The van der Waals surface area contributed by atoms with Gasteiger partial charge in [-0.15, -0.1) is 0 Å². The van der Waals surface area contributed by atoms with Gasteiger partial charge in [0.05, 0.1) is 15.8 Å². The molecule has 1 unspecified atom stereocenters. The Labute approximate surface area is 189 Å². The van der Waals surface area contributed by atoms with E-state index in [9.17, 15) is 4.79 Å². The molecule has 0 bridgehead atoms. The van der Waals surface area contributed by atoms with Crippen LogP contribution in [0, 0.1) is 20.8 Å². The molecule has 1 aliphatic heterocycles. The number of rotatable bonds is 5. The largest absolute Gasteiger partial charge is 0.339 e. The summed E-state index contributed by atoms with van der Waals surface area (Å²) >= 11 is 1.57. The minimum atomic E-state index is -0.143. The van der Waals surface area contributed by atoms with Crippen LogP contribution in [-0.4, -0.2) is 52.1 Å². The number of nitrogens with zero attached hydrogens (tertiary/aromatic N) is 3. The predicted octanol–water partition coefficient (Wildman–Crippen LogP) is 4.99. The Morgan fingerprint density at radius 2 is 1.71 bits per heavy atom. The second kappa shape index (κ2) is 9.41. The van der Waals surface area contributed by atoms with Crippen LogP contribution < -0.4 is 0 Å². The predicted molar refractivity (Wildman–Crippen MR) is 130 cm³/mol. The number of aromatic nitrogens is 1. The highest BCUT2D eigenvalue weighted by atomic mass is 32.2. The first-order valence-electron chi connectivity index (χ1n) is 11.0. The first-order valence-corrected chi connectivity index (χ1v) is 11.9. The summed E-state index contributed by atoms with van der Waals surface area (Å²) in [5, 5.41) is 1.99. The second-order valence-electron chi connectivity index (χ2n) is 8.60. The molecular weight excluding hydrogens is 402 g/mol. The molecule has 2 aromatic carbocycles. The van der Waals surface area contributed by atoms with Crippen molar-refractivity contribution >= 4 is 28.6 Å². The van der Waals surface area contributed by atoms with Crippen LogP contribution in [0.25, 0.3) is 10.9 Å². The minimum Gasteiger partial charge on any atom is -0.339 e. The lowest BCUT2D eigenvalue weighted by Gasteiger charge is -2.35. The Hall–Kier alpha value is -2.37. The van der Waals surface area contributed by atoms with Gasteiger partial charge in [-0.2, -0.15) is 0 Å². The van der Waals surface area contributed by atoms with Gasteiger partial charge in [0.1, 0.15) is 0 Å². The lowest BCUT2D eigenvalue weighted by atomic mass is 10.0. The summed E-state index contributed by atoms with van der Waals surface area (Å²) in [5.74, 6) is 0.213. The summed E-state index contributed by atoms with van der Waals surface area (Å²) in [6.07, 6.45) is 0. The minimum absolute atomic E-state index is 0.143. The van der Waals surface area contributed by atoms with E-state index >= 15 is 0 Å². The van der Waals surface area contributed by atoms with Crippen LogP contribution >= 0.6 is 11.8 Å². The van der Waals surface area contributed by atoms with Crippen LogP contribution in [0.4, 0.5) is 0 Å². The summed E-state index contributed by atoms with van der Waals surface area (Å²) in [7, 11) is 0. The molecule has 2 heterocycles. The van der Waals surface area contributed by atoms with Gasteiger partial charge in [0.25, 0.3) is 0 Å². The first-order chi connectivity index (χ1) is 14.9. The number of piperazine rings is 1. The zero-order valence-electron chi connectivity index (χ0n) is 18.9. The maximum atomic E-state index is 13.1. The first kappa shape index (κ1) is 21.8. The molecule has 0 N–H and O–H groups in total. The van der Waals surface area contributed by atoms with E-state index < -0.39 is 0 Å². The van der Waals surface area contributed by atoms with Crippen molar-refractivity contribution in [2.24, 2.45) is 0 Å². The summed E-state index contributed by atoms with van der Waals surface area (Å²) < 4.78 is 0. The number of fused-ring (bicyclic) bond motifs is 1. The van der Waals surface area contributed by atoms with Crippen molar-refractivity contribution in [2.75, 3.05) is 26.2 Å². The van der Waals surface area contributed by atoms with Crippen LogP contribution in [0.1, 0.15) is 29.2 Å². The van der Waals surface area contributed by atoms with Crippen molar-refractivity contribution < 1.29 is 4.79 Å². The normalized spacial score (nSPS) is 15.9. The molecule has 5 heteroatoms. The number of thioether (sulfide) groups is 1. The Kier molecular flexibility index (Phi) is 6.63. The lowest BCUT2D eigenvalue weighted by Crippen LogP contribution is -2.50. The molecule has 31 heavy (non-hydrogen) atoms. The monoisotopic (exact) mass is 433 g/mol. The molecule has 4 nitrogen and oxygen atoms in total. The van der Waals surface area contributed by atoms with Gasteiger partial charge in [-0.05, 0) is 56.5 Å². The van der Waals surface area contributed by atoms with E-state index in [-0.39, 0.29) is 11.2 Å². The fraction of sp³-hybridized carbons (Fsp3) is 0.385. The number of hydrogen-bond acceptors (Lipinski definition) is 4. The van der Waals surface area contributed by atoms with Gasteiger partial charge in [0.15, 0.2) is 0 Å². The molecular formula is C26H31N3OS. The number of hydrogen-bond donors (Lipinski definition) is 0. The molecule has 1 aromatic heterocycles. The third-order valence-corrected chi connectivity index (χ3v) is 7.02. The van der Waals surface area contributed by atoms with E-state index in [2.05, 4.69) is 68.1 Å². The van der Waals surface area contributed by atoms with Crippen molar-refractivity contribution in [3.63, 3.8) is 0 Å². The highest BCUT2D eigenvalue weighted by Gasteiger charge is 2.26. The summed E-state index contributed by atoms with van der Waals surface area (Å²) in [6.45, 7) is 12.7. The molecule has 0 saturated carbocycles. The standard InChI is InChI=1S/C26H31N3OS/c1-18-14-20(3)25-23(15-18)19(2)16-24(27-25)31-21(4)26(30)29-12-10-28(11-13-29)17-22-8-6-5-7-9-22/h5-9,14-16,21H,10-13,17H2,1-4H3. The molecule has 3 aromatic rings. The average Bonchev–Trinajstić information content (AvgIpc) is 2.75. The molecule has 1 aliphatic rings. The van der Waals surface area contributed by atoms with Crippen molar-refractivity contribution in [3.05, 3.63) is 70.8 Å². The van der Waals surface area contributed by atoms with E-state index in [4.69, 9.17) is 4.98 Å². The number of aryl methyl sites for hydroxylation is 3. The molecule has 1 fully saturated rings. The maximum absolute atomic E-state index is 13.1. The van der Waals surface area contributed by atoms with Crippen LogP contribution in [0.5, 0.6) is 0 Å². The topological polar surface area (TPSA) is 36.4 Å². The summed E-state index contributed by atoms with van der Waals surface area (Å²) in [4.78, 5) is 22.4. The Morgan fingerprint density at radius 1 is 1.00 bits per heavy atom. The number of carbonyl (C=O) groups is 1. The lowest BCUT2D eigenvalue weighted by molar-refractivity contribution is -0.132. The van der Waals surface area contributed by atoms with Crippen LogP contribution in [-0.2, 0) is 11.3 Å². The highest BCUT2D eigenvalue weighted by Crippen LogP contribution is 2.29. The van der Waals surface area contributed by atoms with Gasteiger partial charge in [0.2, 0.25) is 5.91 Å². The van der Waals surface area contributed by atoms with Crippen molar-refractivity contribution in [1.29, 1.82) is 0 Å². The quantitative estimate of drug-likeness (QED) is 0.532. The molecule has 1 amide bonds. The highest BCUT2D eigenvalue weighted by molar-refractivity contribution is 8.00. The second-order valence-corrected chi connectivity index (χ2v) is 9.96. The van der Waals surface area contributed by atoms with E-state index in [0.717, 1.165) is 43.3 Å². The van der Waals surface area contributed by atoms with Crippen molar-refractivity contribution in [3.8, 4) is 0 Å². The molecule has 1 saturated heterocycles. The Morgan fingerprint density at radius 3 is 2.42 bits per heavy atom. The van der Waals surface area contributed by atoms with E-state index in [1.165, 1.54) is 27.6 Å². The zero-order chi connectivity index (χ0) is 22.0. The third-order valence-electron chi connectivity index (χ3n) is 6.01. The Balaban J connectivity index is 1.38. The van der Waals surface area contributed by atoms with Gasteiger partial charge in [0, 0.05) is 38.1 Å². The van der Waals surface area contributed by atoms with E-state index in [1.54, 1.807) is 11.8 Å². The zero-order valence-corrected chi connectivity index (χ0v) is 19.7. The maximum Gasteiger partial charge on any atom is 0.235 e.